The Morgan fingerprint density at radius 2 is 1.23 bits per heavy atom. The van der Waals surface area contributed by atoms with Crippen LogP contribution in [0, 0.1) is 0 Å². The van der Waals surface area contributed by atoms with Gasteiger partial charge >= 0.3 is 6.18 Å². The molecule has 0 saturated heterocycles. The zero-order chi connectivity index (χ0) is 15.6. The second-order valence-electron chi connectivity index (χ2n) is 4.89. The van der Waals surface area contributed by atoms with Gasteiger partial charge < -0.3 is 0 Å². The fourth-order valence-electron chi connectivity index (χ4n) is 2.71. The molecule has 5 heteroatoms. The summed E-state index contributed by atoms with van der Waals surface area (Å²) in [6, 6.07) is 17.2. The topological polar surface area (TPSA) is 17.8 Å². The summed E-state index contributed by atoms with van der Waals surface area (Å²) < 4.78 is 43.7. The van der Waals surface area contributed by atoms with E-state index in [0.717, 1.165) is 4.68 Å². The highest BCUT2D eigenvalue weighted by molar-refractivity contribution is 5.41. The van der Waals surface area contributed by atoms with E-state index in [1.54, 1.807) is 36.4 Å². The second-order valence-corrected chi connectivity index (χ2v) is 4.89. The molecule has 22 heavy (non-hydrogen) atoms. The molecule has 1 aromatic heterocycles. The van der Waals surface area contributed by atoms with Crippen molar-refractivity contribution in [2.45, 2.75) is 11.7 Å². The smallest absolute Gasteiger partial charge is 0.248 e. The molecular formula is C17H13F3N2. The van der Waals surface area contributed by atoms with Crippen LogP contribution in [0.2, 0.25) is 0 Å². The van der Waals surface area contributed by atoms with E-state index >= 15 is 0 Å². The molecule has 0 atom stereocenters. The van der Waals surface area contributed by atoms with Gasteiger partial charge in [0, 0.05) is 12.4 Å². The molecule has 0 amide bonds. The van der Waals surface area contributed by atoms with Crippen molar-refractivity contribution in [2.24, 2.45) is 0 Å². The molecule has 0 aliphatic carbocycles. The molecule has 0 unspecified atom stereocenters. The Morgan fingerprint density at radius 3 is 1.59 bits per heavy atom. The fourth-order valence-corrected chi connectivity index (χ4v) is 2.71. The first-order chi connectivity index (χ1) is 10.6. The third-order valence-corrected chi connectivity index (χ3v) is 3.64. The van der Waals surface area contributed by atoms with Gasteiger partial charge in [-0.3, -0.25) is 0 Å². The van der Waals surface area contributed by atoms with Crippen LogP contribution in [0.3, 0.4) is 0 Å². The van der Waals surface area contributed by atoms with Crippen LogP contribution in [0.1, 0.15) is 11.1 Å². The molecule has 1 heterocycles. The molecule has 0 aliphatic heterocycles. The number of hydrogen-bond donors (Lipinski definition) is 0. The fraction of sp³-hybridized carbons (Fsp3) is 0.118. The van der Waals surface area contributed by atoms with Gasteiger partial charge in [-0.05, 0) is 17.2 Å². The number of hydrogen-bond acceptors (Lipinski definition) is 1. The lowest BCUT2D eigenvalue weighted by Gasteiger charge is -2.37. The van der Waals surface area contributed by atoms with Crippen molar-refractivity contribution in [1.82, 2.24) is 9.78 Å². The molecule has 0 fully saturated rings. The largest absolute Gasteiger partial charge is 0.422 e. The molecular weight excluding hydrogens is 289 g/mol. The first kappa shape index (κ1) is 14.4. The maximum Gasteiger partial charge on any atom is 0.422 e. The Bertz CT molecular complexity index is 680. The average molecular weight is 302 g/mol. The van der Waals surface area contributed by atoms with E-state index in [0.29, 0.717) is 0 Å². The van der Waals surface area contributed by atoms with E-state index in [9.17, 15) is 13.2 Å². The van der Waals surface area contributed by atoms with Crippen LogP contribution >= 0.6 is 0 Å². The normalized spacial score (nSPS) is 12.3. The third kappa shape index (κ3) is 2.09. The first-order valence-electron chi connectivity index (χ1n) is 6.74. The van der Waals surface area contributed by atoms with E-state index in [1.165, 1.54) is 42.7 Å². The molecule has 0 aliphatic rings. The number of benzene rings is 2. The molecule has 2 aromatic carbocycles. The monoisotopic (exact) mass is 302 g/mol. The summed E-state index contributed by atoms with van der Waals surface area (Å²) in [5.41, 5.74) is -2.10. The molecule has 0 N–H and O–H groups in total. The molecule has 0 radical (unpaired) electrons. The van der Waals surface area contributed by atoms with Crippen molar-refractivity contribution in [3.8, 4) is 0 Å². The standard InChI is InChI=1S/C17H13F3N2/c18-17(19,20)16(22-13-7-12-21-22,14-8-3-1-4-9-14)15-10-5-2-6-11-15/h1-13H. The summed E-state index contributed by atoms with van der Waals surface area (Å²) in [6.45, 7) is 0. The minimum Gasteiger partial charge on any atom is -0.248 e. The number of aromatic nitrogens is 2. The zero-order valence-electron chi connectivity index (χ0n) is 11.5. The SMILES string of the molecule is FC(F)(F)C(c1ccccc1)(c1ccccc1)n1cccn1. The van der Waals surface area contributed by atoms with Gasteiger partial charge in [-0.15, -0.1) is 0 Å². The Hall–Kier alpha value is -2.56. The lowest BCUT2D eigenvalue weighted by atomic mass is 9.82. The van der Waals surface area contributed by atoms with Crippen molar-refractivity contribution in [1.29, 1.82) is 0 Å². The molecule has 0 spiro atoms. The summed E-state index contributed by atoms with van der Waals surface area (Å²) >= 11 is 0. The zero-order valence-corrected chi connectivity index (χ0v) is 11.5. The summed E-state index contributed by atoms with van der Waals surface area (Å²) in [5, 5.41) is 3.90. The minimum absolute atomic E-state index is 0.123. The number of halogens is 3. The molecule has 3 aromatic rings. The minimum atomic E-state index is -4.55. The van der Waals surface area contributed by atoms with Crippen molar-refractivity contribution < 1.29 is 13.2 Å². The van der Waals surface area contributed by atoms with Crippen molar-refractivity contribution in [2.75, 3.05) is 0 Å². The van der Waals surface area contributed by atoms with Crippen molar-refractivity contribution in [3.63, 3.8) is 0 Å². The van der Waals surface area contributed by atoms with Crippen molar-refractivity contribution >= 4 is 0 Å². The lowest BCUT2D eigenvalue weighted by Crippen LogP contribution is -2.50. The van der Waals surface area contributed by atoms with E-state index in [2.05, 4.69) is 5.10 Å². The van der Waals surface area contributed by atoms with E-state index in [1.807, 2.05) is 0 Å². The molecule has 0 saturated carbocycles. The first-order valence-corrected chi connectivity index (χ1v) is 6.74. The van der Waals surface area contributed by atoms with Gasteiger partial charge in [0.05, 0.1) is 0 Å². The van der Waals surface area contributed by atoms with Crippen LogP contribution in [-0.2, 0) is 5.54 Å². The number of rotatable bonds is 3. The second kappa shape index (κ2) is 5.33. The van der Waals surface area contributed by atoms with Crippen LogP contribution in [0.15, 0.2) is 79.1 Å². The molecule has 112 valence electrons. The predicted molar refractivity (Wildman–Crippen MR) is 77.3 cm³/mol. The summed E-state index contributed by atoms with van der Waals surface area (Å²) in [6.07, 6.45) is -1.86. The highest BCUT2D eigenvalue weighted by atomic mass is 19.4. The van der Waals surface area contributed by atoms with E-state index in [4.69, 9.17) is 0 Å². The Kier molecular flexibility index (Phi) is 3.48. The van der Waals surface area contributed by atoms with Crippen LogP contribution in [0.25, 0.3) is 0 Å². The van der Waals surface area contributed by atoms with E-state index < -0.39 is 11.7 Å². The third-order valence-electron chi connectivity index (χ3n) is 3.64. The maximum absolute atomic E-state index is 14.2. The number of alkyl halides is 3. The van der Waals surface area contributed by atoms with Gasteiger partial charge in [-0.1, -0.05) is 60.7 Å². The maximum atomic E-state index is 14.2. The van der Waals surface area contributed by atoms with Gasteiger partial charge in [-0.25, -0.2) is 4.68 Å². The van der Waals surface area contributed by atoms with E-state index in [-0.39, 0.29) is 11.1 Å². The van der Waals surface area contributed by atoms with Crippen LogP contribution in [0.4, 0.5) is 13.2 Å². The summed E-state index contributed by atoms with van der Waals surface area (Å²) in [5.74, 6) is 0. The predicted octanol–water partition coefficient (Wildman–Crippen LogP) is 4.24. The Labute approximate surface area is 125 Å². The highest BCUT2D eigenvalue weighted by Gasteiger charge is 2.59. The van der Waals surface area contributed by atoms with Crippen LogP contribution in [-0.4, -0.2) is 16.0 Å². The summed E-state index contributed by atoms with van der Waals surface area (Å²) in [7, 11) is 0. The van der Waals surface area contributed by atoms with Crippen LogP contribution < -0.4 is 0 Å². The molecule has 2 nitrogen and oxygen atoms in total. The van der Waals surface area contributed by atoms with Gasteiger partial charge in [0.15, 0.2) is 0 Å². The average Bonchev–Trinajstić information content (AvgIpc) is 3.03. The van der Waals surface area contributed by atoms with Crippen LogP contribution in [0.5, 0.6) is 0 Å². The van der Waals surface area contributed by atoms with Crippen molar-refractivity contribution in [3.05, 3.63) is 90.3 Å². The quantitative estimate of drug-likeness (QED) is 0.707. The van der Waals surface area contributed by atoms with Gasteiger partial charge in [0.1, 0.15) is 0 Å². The number of nitrogens with zero attached hydrogens (tertiary/aromatic N) is 2. The summed E-state index contributed by atoms with van der Waals surface area (Å²) in [4.78, 5) is 0. The lowest BCUT2D eigenvalue weighted by molar-refractivity contribution is -0.189. The van der Waals surface area contributed by atoms with Gasteiger partial charge in [0.2, 0.25) is 5.54 Å². The Morgan fingerprint density at radius 1 is 0.727 bits per heavy atom. The van der Waals surface area contributed by atoms with Gasteiger partial charge in [-0.2, -0.15) is 18.3 Å². The molecule has 3 rings (SSSR count). The van der Waals surface area contributed by atoms with Gasteiger partial charge in [0.25, 0.3) is 0 Å². The Balaban J connectivity index is 2.39. The molecule has 0 bridgehead atoms. The highest BCUT2D eigenvalue weighted by Crippen LogP contribution is 2.46.